The number of halogens is 3. The molecule has 6 nitrogen and oxygen atoms in total. The van der Waals surface area contributed by atoms with Gasteiger partial charge in [-0.05, 0) is 6.42 Å². The Balaban J connectivity index is 2.26. The van der Waals surface area contributed by atoms with Gasteiger partial charge in [-0.1, -0.05) is 6.92 Å². The molecule has 0 aromatic carbocycles. The molecule has 2 heterocycles. The second-order valence-electron chi connectivity index (χ2n) is 3.92. The monoisotopic (exact) mass is 274 g/mol. The Morgan fingerprint density at radius 1 is 1.26 bits per heavy atom. The number of rotatable bonds is 5. The Bertz CT molecular complexity index is 550. The molecule has 0 aliphatic carbocycles. The first kappa shape index (κ1) is 13.4. The minimum atomic E-state index is -4.31. The molecule has 0 saturated carbocycles. The van der Waals surface area contributed by atoms with Crippen LogP contribution in [0.3, 0.4) is 0 Å². The van der Waals surface area contributed by atoms with Crippen LogP contribution in [0, 0.1) is 0 Å². The number of hydrogen-bond acceptors (Lipinski definition) is 5. The number of anilines is 2. The molecule has 9 heteroatoms. The van der Waals surface area contributed by atoms with Crippen molar-refractivity contribution < 1.29 is 13.2 Å². The van der Waals surface area contributed by atoms with Gasteiger partial charge in [-0.3, -0.25) is 5.10 Å². The van der Waals surface area contributed by atoms with Crippen LogP contribution in [0.25, 0.3) is 11.0 Å². The fourth-order valence-electron chi connectivity index (χ4n) is 1.47. The second kappa shape index (κ2) is 5.29. The van der Waals surface area contributed by atoms with Crippen LogP contribution in [0.5, 0.6) is 0 Å². The predicted octanol–water partition coefficient (Wildman–Crippen LogP) is 2.15. The van der Waals surface area contributed by atoms with Crippen molar-refractivity contribution in [3.63, 3.8) is 0 Å². The summed E-state index contributed by atoms with van der Waals surface area (Å²) in [4.78, 5) is 8.14. The third-order valence-electron chi connectivity index (χ3n) is 2.30. The second-order valence-corrected chi connectivity index (χ2v) is 3.92. The standard InChI is InChI=1S/C10H13F3N6/c1-2-3-14-9-17-7(15-5-10(11,12)13)6-4-16-19-8(6)18-9/h4H,2-3,5H2,1H3,(H3,14,15,16,17,18,19). The van der Waals surface area contributed by atoms with E-state index in [4.69, 9.17) is 0 Å². The van der Waals surface area contributed by atoms with Crippen LogP contribution in [0.2, 0.25) is 0 Å². The van der Waals surface area contributed by atoms with Crippen LogP contribution in [-0.2, 0) is 0 Å². The normalized spacial score (nSPS) is 11.8. The van der Waals surface area contributed by atoms with E-state index in [2.05, 4.69) is 30.8 Å². The lowest BCUT2D eigenvalue weighted by Crippen LogP contribution is -2.22. The molecule has 0 spiro atoms. The van der Waals surface area contributed by atoms with E-state index in [0.29, 0.717) is 17.6 Å². The maximum absolute atomic E-state index is 12.2. The van der Waals surface area contributed by atoms with Gasteiger partial charge in [0.25, 0.3) is 0 Å². The van der Waals surface area contributed by atoms with Crippen molar-refractivity contribution in [1.29, 1.82) is 0 Å². The van der Waals surface area contributed by atoms with Crippen molar-refractivity contribution in [2.75, 3.05) is 23.7 Å². The SMILES string of the molecule is CCCNc1nc(NCC(F)(F)F)c2cn[nH]c2n1. The fraction of sp³-hybridized carbons (Fsp3) is 0.500. The highest BCUT2D eigenvalue weighted by atomic mass is 19.4. The predicted molar refractivity (Wildman–Crippen MR) is 65.0 cm³/mol. The van der Waals surface area contributed by atoms with Crippen LogP contribution >= 0.6 is 0 Å². The van der Waals surface area contributed by atoms with Gasteiger partial charge < -0.3 is 10.6 Å². The summed E-state index contributed by atoms with van der Waals surface area (Å²) in [5.41, 5.74) is 0.387. The Kier molecular flexibility index (Phi) is 3.72. The molecule has 2 aromatic heterocycles. The van der Waals surface area contributed by atoms with Gasteiger partial charge in [-0.2, -0.15) is 28.2 Å². The maximum Gasteiger partial charge on any atom is 0.405 e. The summed E-state index contributed by atoms with van der Waals surface area (Å²) in [5, 5.41) is 12.0. The number of nitrogens with one attached hydrogen (secondary N) is 3. The molecule has 19 heavy (non-hydrogen) atoms. The van der Waals surface area contributed by atoms with Crippen molar-refractivity contribution in [2.45, 2.75) is 19.5 Å². The maximum atomic E-state index is 12.2. The molecule has 0 aliphatic heterocycles. The Labute approximate surface area is 106 Å². The molecule has 0 bridgehead atoms. The summed E-state index contributed by atoms with van der Waals surface area (Å²) in [6.07, 6.45) is -2.06. The number of alkyl halides is 3. The average molecular weight is 274 g/mol. The molecule has 2 aromatic rings. The third-order valence-corrected chi connectivity index (χ3v) is 2.30. The van der Waals surface area contributed by atoms with E-state index in [1.54, 1.807) is 0 Å². The fourth-order valence-corrected chi connectivity index (χ4v) is 1.47. The van der Waals surface area contributed by atoms with Gasteiger partial charge in [0.2, 0.25) is 5.95 Å². The molecular weight excluding hydrogens is 261 g/mol. The van der Waals surface area contributed by atoms with Gasteiger partial charge in [-0.25, -0.2) is 0 Å². The number of hydrogen-bond donors (Lipinski definition) is 3. The van der Waals surface area contributed by atoms with Crippen LogP contribution in [0.15, 0.2) is 6.20 Å². The minimum Gasteiger partial charge on any atom is -0.360 e. The number of fused-ring (bicyclic) bond motifs is 1. The van der Waals surface area contributed by atoms with E-state index >= 15 is 0 Å². The third kappa shape index (κ3) is 3.46. The number of aromatic nitrogens is 4. The molecule has 0 fully saturated rings. The van der Waals surface area contributed by atoms with Crippen molar-refractivity contribution >= 4 is 22.8 Å². The number of H-pyrrole nitrogens is 1. The van der Waals surface area contributed by atoms with Crippen molar-refractivity contribution in [3.8, 4) is 0 Å². The lowest BCUT2D eigenvalue weighted by atomic mass is 10.4. The van der Waals surface area contributed by atoms with Gasteiger partial charge in [-0.15, -0.1) is 0 Å². The zero-order valence-electron chi connectivity index (χ0n) is 10.2. The van der Waals surface area contributed by atoms with Gasteiger partial charge >= 0.3 is 6.18 Å². The molecule has 0 atom stereocenters. The summed E-state index contributed by atoms with van der Waals surface area (Å²) in [6, 6.07) is 0. The van der Waals surface area contributed by atoms with Crippen molar-refractivity contribution in [1.82, 2.24) is 20.2 Å². The van der Waals surface area contributed by atoms with Crippen LogP contribution in [-0.4, -0.2) is 39.4 Å². The largest absolute Gasteiger partial charge is 0.405 e. The first-order chi connectivity index (χ1) is 8.99. The highest BCUT2D eigenvalue weighted by Gasteiger charge is 2.27. The van der Waals surface area contributed by atoms with Crippen LogP contribution in [0.4, 0.5) is 24.9 Å². The van der Waals surface area contributed by atoms with Crippen LogP contribution < -0.4 is 10.6 Å². The molecule has 104 valence electrons. The lowest BCUT2D eigenvalue weighted by molar-refractivity contribution is -0.115. The molecule has 0 aliphatic rings. The summed E-state index contributed by atoms with van der Waals surface area (Å²) < 4.78 is 36.7. The Morgan fingerprint density at radius 3 is 2.74 bits per heavy atom. The van der Waals surface area contributed by atoms with E-state index in [0.717, 1.165) is 6.42 Å². The first-order valence-electron chi connectivity index (χ1n) is 5.75. The zero-order valence-corrected chi connectivity index (χ0v) is 10.2. The molecule has 3 N–H and O–H groups in total. The Morgan fingerprint density at radius 2 is 2.05 bits per heavy atom. The smallest absolute Gasteiger partial charge is 0.360 e. The van der Waals surface area contributed by atoms with E-state index < -0.39 is 12.7 Å². The van der Waals surface area contributed by atoms with Gasteiger partial charge in [0, 0.05) is 6.54 Å². The van der Waals surface area contributed by atoms with Crippen molar-refractivity contribution in [3.05, 3.63) is 6.20 Å². The summed E-state index contributed by atoms with van der Waals surface area (Å²) in [5.74, 6) is 0.373. The Hall–Kier alpha value is -2.06. The number of aromatic amines is 1. The highest BCUT2D eigenvalue weighted by molar-refractivity contribution is 5.86. The average Bonchev–Trinajstić information content (AvgIpc) is 2.80. The molecule has 0 unspecified atom stereocenters. The molecule has 0 amide bonds. The summed E-state index contributed by atoms with van der Waals surface area (Å²) in [6.45, 7) is 1.44. The lowest BCUT2D eigenvalue weighted by Gasteiger charge is -2.11. The van der Waals surface area contributed by atoms with Crippen molar-refractivity contribution in [2.24, 2.45) is 0 Å². The van der Waals surface area contributed by atoms with Crippen LogP contribution in [0.1, 0.15) is 13.3 Å². The van der Waals surface area contributed by atoms with Gasteiger partial charge in [0.05, 0.1) is 11.6 Å². The van der Waals surface area contributed by atoms with Gasteiger partial charge in [0.1, 0.15) is 12.4 Å². The highest BCUT2D eigenvalue weighted by Crippen LogP contribution is 2.22. The quantitative estimate of drug-likeness (QED) is 0.778. The molecule has 2 rings (SSSR count). The zero-order chi connectivity index (χ0) is 13.9. The topological polar surface area (TPSA) is 78.5 Å². The van der Waals surface area contributed by atoms with Gasteiger partial charge in [0.15, 0.2) is 5.65 Å². The number of nitrogens with zero attached hydrogens (tertiary/aromatic N) is 3. The summed E-state index contributed by atoms with van der Waals surface area (Å²) in [7, 11) is 0. The van der Waals surface area contributed by atoms with E-state index in [1.165, 1.54) is 6.20 Å². The van der Waals surface area contributed by atoms with E-state index in [9.17, 15) is 13.2 Å². The first-order valence-corrected chi connectivity index (χ1v) is 5.75. The molecule has 0 radical (unpaired) electrons. The molecular formula is C10H13F3N6. The summed E-state index contributed by atoms with van der Waals surface area (Å²) >= 11 is 0. The molecule has 0 saturated heterocycles. The van der Waals surface area contributed by atoms with E-state index in [1.807, 2.05) is 6.92 Å². The minimum absolute atomic E-state index is 0.106. The van der Waals surface area contributed by atoms with E-state index in [-0.39, 0.29) is 11.8 Å².